The van der Waals surface area contributed by atoms with Crippen LogP contribution in [0.1, 0.15) is 110 Å². The minimum atomic E-state index is -0.106. The first-order chi connectivity index (χ1) is 12.8. The Hall–Kier alpha value is 1.41. The monoisotopic (exact) mass is 510 g/mol. The first-order valence-electron chi connectivity index (χ1n) is 11.0. The molecule has 4 heteroatoms. The normalized spacial score (nSPS) is 25.4. The third-order valence-electron chi connectivity index (χ3n) is 7.00. The van der Waals surface area contributed by atoms with Gasteiger partial charge in [-0.25, -0.2) is 0 Å². The van der Waals surface area contributed by atoms with Crippen molar-refractivity contribution in [2.45, 2.75) is 126 Å². The van der Waals surface area contributed by atoms with Crippen LogP contribution in [-0.4, -0.2) is 16.5 Å². The second kappa shape index (κ2) is 13.6. The second-order valence-electron chi connectivity index (χ2n) is 8.59. The van der Waals surface area contributed by atoms with E-state index < -0.39 is 0 Å². The predicted molar refractivity (Wildman–Crippen MR) is 118 cm³/mol. The Kier molecular flexibility index (Phi) is 12.4. The van der Waals surface area contributed by atoms with Crippen LogP contribution in [0, 0.1) is 0 Å². The Balaban J connectivity index is 0.000000758. The summed E-state index contributed by atoms with van der Waals surface area (Å²) in [7, 11) is 9.87. The van der Waals surface area contributed by atoms with Gasteiger partial charge in [-0.15, -0.1) is 0 Å². The van der Waals surface area contributed by atoms with Gasteiger partial charge in [0.15, 0.2) is 0 Å². The van der Waals surface area contributed by atoms with Gasteiger partial charge in [0.05, 0.1) is 0 Å². The van der Waals surface area contributed by atoms with Crippen molar-refractivity contribution in [3.05, 3.63) is 12.2 Å². The summed E-state index contributed by atoms with van der Waals surface area (Å²) in [5.41, 5.74) is 2.26. The third-order valence-corrected chi connectivity index (χ3v) is 11.3. The Morgan fingerprint density at radius 1 is 0.808 bits per heavy atom. The van der Waals surface area contributed by atoms with Crippen molar-refractivity contribution >= 4 is 27.0 Å². The average molecular weight is 512 g/mol. The van der Waals surface area contributed by atoms with Gasteiger partial charge in [0.25, 0.3) is 0 Å². The Morgan fingerprint density at radius 2 is 1.23 bits per heavy atom. The van der Waals surface area contributed by atoms with Gasteiger partial charge in [-0.2, -0.15) is 0 Å². The first kappa shape index (κ1) is 23.7. The van der Waals surface area contributed by atoms with Crippen LogP contribution in [0.3, 0.4) is 0 Å². The van der Waals surface area contributed by atoms with Gasteiger partial charge < -0.3 is 0 Å². The first-order valence-corrected chi connectivity index (χ1v) is 16.5. The van der Waals surface area contributed by atoms with Gasteiger partial charge in [0.1, 0.15) is 0 Å². The molecule has 0 N–H and O–H groups in total. The molecule has 0 heterocycles. The van der Waals surface area contributed by atoms with Crippen LogP contribution in [0.2, 0.25) is 0 Å². The third kappa shape index (κ3) is 7.03. The van der Waals surface area contributed by atoms with Crippen LogP contribution in [0.4, 0.5) is 0 Å². The number of hydrogen-bond donors (Lipinski definition) is 0. The van der Waals surface area contributed by atoms with E-state index in [4.69, 9.17) is 19.1 Å². The van der Waals surface area contributed by atoms with Crippen LogP contribution in [-0.2, 0) is 15.9 Å². The van der Waals surface area contributed by atoms with Crippen molar-refractivity contribution in [2.75, 3.05) is 0 Å². The summed E-state index contributed by atoms with van der Waals surface area (Å²) in [5, 5.41) is 0.740. The molecule has 0 aromatic heterocycles. The van der Waals surface area contributed by atoms with E-state index in [9.17, 15) is 0 Å². The minimum absolute atomic E-state index is 0.106. The molecule has 0 aromatic carbocycles. The maximum absolute atomic E-state index is 4.81. The van der Waals surface area contributed by atoms with Crippen LogP contribution in [0.25, 0.3) is 0 Å². The van der Waals surface area contributed by atoms with E-state index in [1.807, 2.05) is 0 Å². The number of rotatable bonds is 5. The van der Waals surface area contributed by atoms with E-state index in [0.29, 0.717) is 0 Å². The van der Waals surface area contributed by atoms with Crippen LogP contribution in [0.15, 0.2) is 12.2 Å². The van der Waals surface area contributed by atoms with Crippen LogP contribution >= 0.6 is 27.0 Å². The molecule has 0 amide bonds. The van der Waals surface area contributed by atoms with Gasteiger partial charge in [-0.3, -0.25) is 0 Å². The molecule has 0 aromatic rings. The summed E-state index contributed by atoms with van der Waals surface area (Å²) in [5.74, 6) is 0. The van der Waals surface area contributed by atoms with E-state index >= 15 is 0 Å². The van der Waals surface area contributed by atoms with E-state index in [1.54, 1.807) is 38.5 Å². The van der Waals surface area contributed by atoms with E-state index in [2.05, 4.69) is 19.1 Å². The molecule has 0 nitrogen and oxygen atoms in total. The molecular formula is C22H39Cl2PPd. The van der Waals surface area contributed by atoms with Crippen LogP contribution in [0.5, 0.6) is 0 Å². The maximum atomic E-state index is 4.81. The molecule has 0 saturated heterocycles. The molecule has 3 saturated carbocycles. The SMILES string of the molecule is CC=CCC1(P(C2CCCCC2)C2CCCCC2)CCCCC1.[Cl][Pd][Cl]. The van der Waals surface area contributed by atoms with E-state index in [1.165, 1.54) is 64.2 Å². The van der Waals surface area contributed by atoms with Gasteiger partial charge in [0.2, 0.25) is 0 Å². The molecule has 3 fully saturated rings. The Bertz CT molecular complexity index is 366. The molecule has 3 aliphatic carbocycles. The Labute approximate surface area is 180 Å². The van der Waals surface area contributed by atoms with Gasteiger partial charge >= 0.3 is 35.0 Å². The molecule has 156 valence electrons. The summed E-state index contributed by atoms with van der Waals surface area (Å²) in [6, 6.07) is 0. The van der Waals surface area contributed by atoms with Crippen LogP contribution < -0.4 is 0 Å². The fourth-order valence-electron chi connectivity index (χ4n) is 5.91. The molecule has 3 rings (SSSR count). The fourth-order valence-corrected chi connectivity index (χ4v) is 11.0. The summed E-state index contributed by atoms with van der Waals surface area (Å²) in [4.78, 5) is 0. The van der Waals surface area contributed by atoms with Crippen molar-refractivity contribution in [2.24, 2.45) is 0 Å². The summed E-state index contributed by atoms with van der Waals surface area (Å²) in [6.45, 7) is 2.24. The van der Waals surface area contributed by atoms with E-state index in [-0.39, 0.29) is 23.9 Å². The molecule has 0 radical (unpaired) electrons. The van der Waals surface area contributed by atoms with Crippen molar-refractivity contribution in [3.63, 3.8) is 0 Å². The quantitative estimate of drug-likeness (QED) is 0.196. The average Bonchev–Trinajstić information content (AvgIpc) is 2.70. The number of halogens is 2. The van der Waals surface area contributed by atoms with E-state index in [0.717, 1.165) is 16.5 Å². The summed E-state index contributed by atoms with van der Waals surface area (Å²) < 4.78 is 0. The molecule has 3 aliphatic rings. The second-order valence-corrected chi connectivity index (χ2v) is 14.2. The molecule has 0 aliphatic heterocycles. The zero-order valence-corrected chi connectivity index (χ0v) is 20.6. The zero-order chi connectivity index (χ0) is 18.7. The fraction of sp³-hybridized carbons (Fsp3) is 0.909. The van der Waals surface area contributed by atoms with Crippen molar-refractivity contribution in [1.82, 2.24) is 0 Å². The number of allylic oxidation sites excluding steroid dienone is 2. The number of hydrogen-bond acceptors (Lipinski definition) is 0. The zero-order valence-electron chi connectivity index (χ0n) is 16.6. The molecule has 26 heavy (non-hydrogen) atoms. The van der Waals surface area contributed by atoms with Crippen molar-refractivity contribution < 1.29 is 15.9 Å². The topological polar surface area (TPSA) is 0 Å². The van der Waals surface area contributed by atoms with Crippen molar-refractivity contribution in [3.8, 4) is 0 Å². The van der Waals surface area contributed by atoms with Gasteiger partial charge in [-0.1, -0.05) is 77.9 Å². The Morgan fingerprint density at radius 3 is 1.65 bits per heavy atom. The molecular weight excluding hydrogens is 473 g/mol. The molecule has 0 atom stereocenters. The van der Waals surface area contributed by atoms with Crippen molar-refractivity contribution in [1.29, 1.82) is 0 Å². The standard InChI is InChI=1S/C22H39P.2ClH.Pd/c1-2-3-17-22(18-11-6-12-19-22)23(20-13-7-4-8-14-20)21-15-9-5-10-16-21;;;/h2-3,20-21H,4-19H2,1H3;2*1H;/q;;;+2/p-2. The molecule has 0 unspecified atom stereocenters. The summed E-state index contributed by atoms with van der Waals surface area (Å²) >= 11 is -0.106. The molecule has 0 spiro atoms. The summed E-state index contributed by atoms with van der Waals surface area (Å²) in [6.07, 6.45) is 29.5. The van der Waals surface area contributed by atoms with Gasteiger partial charge in [0, 0.05) is 0 Å². The predicted octanol–water partition coefficient (Wildman–Crippen LogP) is 9.18. The molecule has 0 bridgehead atoms. The van der Waals surface area contributed by atoms with Gasteiger partial charge in [-0.05, 0) is 68.3 Å².